The fourth-order valence-corrected chi connectivity index (χ4v) is 2.44. The van der Waals surface area contributed by atoms with Crippen LogP contribution in [0, 0.1) is 23.7 Å². The van der Waals surface area contributed by atoms with Crippen LogP contribution in [0.4, 0.5) is 0 Å². The maximum absolute atomic E-state index is 11.6. The molecule has 0 bridgehead atoms. The van der Waals surface area contributed by atoms with Gasteiger partial charge in [-0.2, -0.15) is 0 Å². The van der Waals surface area contributed by atoms with Crippen molar-refractivity contribution < 1.29 is 4.79 Å². The molecule has 3 N–H and O–H groups in total. The zero-order valence-electron chi connectivity index (χ0n) is 9.82. The van der Waals surface area contributed by atoms with Crippen LogP contribution in [0.25, 0.3) is 0 Å². The van der Waals surface area contributed by atoms with Crippen molar-refractivity contribution in [1.29, 1.82) is 0 Å². The number of carbonyl (C=O) groups excluding carboxylic acids is 1. The largest absolute Gasteiger partial charge is 0.351 e. The summed E-state index contributed by atoms with van der Waals surface area (Å²) in [6.07, 6.45) is 1.03. The van der Waals surface area contributed by atoms with Gasteiger partial charge in [0.25, 0.3) is 0 Å². The van der Waals surface area contributed by atoms with Crippen LogP contribution < -0.4 is 11.1 Å². The Morgan fingerprint density at radius 1 is 1.71 bits per heavy atom. The van der Waals surface area contributed by atoms with E-state index >= 15 is 0 Å². The summed E-state index contributed by atoms with van der Waals surface area (Å²) < 4.78 is 0. The van der Waals surface area contributed by atoms with Crippen molar-refractivity contribution >= 4 is 17.2 Å². The lowest BCUT2D eigenvalue weighted by atomic mass is 10.3. The molecule has 0 saturated heterocycles. The highest BCUT2D eigenvalue weighted by Gasteiger charge is 2.38. The first-order chi connectivity index (χ1) is 8.20. The second-order valence-corrected chi connectivity index (χ2v) is 5.34. The fraction of sp³-hybridized carbons (Fsp3) is 0.462. The molecule has 1 amide bonds. The van der Waals surface area contributed by atoms with Gasteiger partial charge in [-0.05, 0) is 18.4 Å². The van der Waals surface area contributed by atoms with Crippen LogP contribution in [-0.2, 0) is 11.3 Å². The van der Waals surface area contributed by atoms with Gasteiger partial charge in [0.05, 0.1) is 13.1 Å². The van der Waals surface area contributed by atoms with Gasteiger partial charge < -0.3 is 11.1 Å². The molecule has 0 spiro atoms. The minimum Gasteiger partial charge on any atom is -0.351 e. The van der Waals surface area contributed by atoms with Gasteiger partial charge in [-0.3, -0.25) is 4.79 Å². The van der Waals surface area contributed by atoms with Crippen LogP contribution in [0.15, 0.2) is 11.4 Å². The lowest BCUT2D eigenvalue weighted by Gasteiger charge is -2.01. The van der Waals surface area contributed by atoms with E-state index in [1.165, 1.54) is 0 Å². The first-order valence-corrected chi connectivity index (χ1v) is 6.62. The molecule has 2 unspecified atom stereocenters. The molecule has 1 heterocycles. The van der Waals surface area contributed by atoms with Crippen molar-refractivity contribution in [2.45, 2.75) is 19.9 Å². The molecular weight excluding hydrogens is 232 g/mol. The quantitative estimate of drug-likeness (QED) is 0.793. The molecule has 0 radical (unpaired) electrons. The standard InChI is InChI=1S/C13H16N2OS/c1-9-5-12(9)13(16)15-7-11-6-10(8-17-11)3-2-4-14/h6,8-9,12H,4-5,7,14H2,1H3,(H,15,16). The summed E-state index contributed by atoms with van der Waals surface area (Å²) in [5, 5.41) is 4.95. The van der Waals surface area contributed by atoms with E-state index in [1.54, 1.807) is 11.3 Å². The summed E-state index contributed by atoms with van der Waals surface area (Å²) >= 11 is 1.62. The number of nitrogens with two attached hydrogens (primary N) is 1. The van der Waals surface area contributed by atoms with Gasteiger partial charge in [-0.25, -0.2) is 0 Å². The van der Waals surface area contributed by atoms with E-state index in [2.05, 4.69) is 24.1 Å². The van der Waals surface area contributed by atoms with E-state index < -0.39 is 0 Å². The molecule has 1 fully saturated rings. The van der Waals surface area contributed by atoms with Gasteiger partial charge in [-0.15, -0.1) is 11.3 Å². The molecule has 1 aromatic heterocycles. The molecule has 4 heteroatoms. The first-order valence-electron chi connectivity index (χ1n) is 5.74. The van der Waals surface area contributed by atoms with Gasteiger partial charge in [0.15, 0.2) is 0 Å². The molecule has 90 valence electrons. The third kappa shape index (κ3) is 3.32. The third-order valence-corrected chi connectivity index (χ3v) is 3.81. The Bertz CT molecular complexity index is 469. The number of carbonyl (C=O) groups is 1. The Labute approximate surface area is 105 Å². The van der Waals surface area contributed by atoms with Crippen LogP contribution in [0.3, 0.4) is 0 Å². The number of thiophene rings is 1. The van der Waals surface area contributed by atoms with Gasteiger partial charge in [0, 0.05) is 21.7 Å². The zero-order chi connectivity index (χ0) is 12.3. The van der Waals surface area contributed by atoms with Crippen LogP contribution in [0.1, 0.15) is 23.8 Å². The smallest absolute Gasteiger partial charge is 0.223 e. The van der Waals surface area contributed by atoms with Crippen molar-refractivity contribution in [2.24, 2.45) is 17.6 Å². The molecule has 0 aliphatic heterocycles. The van der Waals surface area contributed by atoms with Crippen molar-refractivity contribution in [1.82, 2.24) is 5.32 Å². The number of hydrogen-bond acceptors (Lipinski definition) is 3. The molecule has 17 heavy (non-hydrogen) atoms. The van der Waals surface area contributed by atoms with Gasteiger partial charge in [0.2, 0.25) is 5.91 Å². The molecule has 1 saturated carbocycles. The SMILES string of the molecule is CC1CC1C(=O)NCc1cc(C#CCN)cs1. The van der Waals surface area contributed by atoms with E-state index in [1.807, 2.05) is 11.4 Å². The second kappa shape index (κ2) is 5.35. The van der Waals surface area contributed by atoms with Crippen molar-refractivity contribution in [3.63, 3.8) is 0 Å². The lowest BCUT2D eigenvalue weighted by molar-refractivity contribution is -0.122. The Balaban J connectivity index is 1.83. The average molecular weight is 248 g/mol. The molecule has 1 aliphatic carbocycles. The van der Waals surface area contributed by atoms with Gasteiger partial charge >= 0.3 is 0 Å². The van der Waals surface area contributed by atoms with Crippen LogP contribution in [-0.4, -0.2) is 12.5 Å². The normalized spacial score (nSPS) is 21.5. The summed E-state index contributed by atoms with van der Waals surface area (Å²) in [4.78, 5) is 12.7. The Hall–Kier alpha value is -1.31. The lowest BCUT2D eigenvalue weighted by Crippen LogP contribution is -2.24. The van der Waals surface area contributed by atoms with E-state index in [0.717, 1.165) is 16.9 Å². The topological polar surface area (TPSA) is 55.1 Å². The molecular formula is C13H16N2OS. The highest BCUT2D eigenvalue weighted by atomic mass is 32.1. The van der Waals surface area contributed by atoms with E-state index in [4.69, 9.17) is 5.73 Å². The summed E-state index contributed by atoms with van der Waals surface area (Å²) in [6.45, 7) is 3.09. The van der Waals surface area contributed by atoms with E-state index in [-0.39, 0.29) is 11.8 Å². The van der Waals surface area contributed by atoms with E-state index in [0.29, 0.717) is 19.0 Å². The Kier molecular flexibility index (Phi) is 3.82. The predicted molar refractivity (Wildman–Crippen MR) is 69.4 cm³/mol. The first kappa shape index (κ1) is 12.2. The summed E-state index contributed by atoms with van der Waals surface area (Å²) in [5.41, 5.74) is 6.28. The molecule has 2 atom stereocenters. The Morgan fingerprint density at radius 2 is 2.47 bits per heavy atom. The molecule has 3 nitrogen and oxygen atoms in total. The average Bonchev–Trinajstić information content (AvgIpc) is 2.89. The monoisotopic (exact) mass is 248 g/mol. The van der Waals surface area contributed by atoms with Crippen LogP contribution >= 0.6 is 11.3 Å². The number of nitrogens with one attached hydrogen (secondary N) is 1. The summed E-state index contributed by atoms with van der Waals surface area (Å²) in [6, 6.07) is 2.00. The summed E-state index contributed by atoms with van der Waals surface area (Å²) in [5.74, 6) is 6.77. The molecule has 1 aliphatic rings. The summed E-state index contributed by atoms with van der Waals surface area (Å²) in [7, 11) is 0. The maximum Gasteiger partial charge on any atom is 0.223 e. The van der Waals surface area contributed by atoms with Crippen LogP contribution in [0.5, 0.6) is 0 Å². The minimum atomic E-state index is 0.181. The molecule has 1 aromatic rings. The van der Waals surface area contributed by atoms with Crippen molar-refractivity contribution in [3.05, 3.63) is 21.9 Å². The fourth-order valence-electron chi connectivity index (χ4n) is 1.68. The van der Waals surface area contributed by atoms with Gasteiger partial charge in [-0.1, -0.05) is 18.8 Å². The number of hydrogen-bond donors (Lipinski definition) is 2. The third-order valence-electron chi connectivity index (χ3n) is 2.87. The Morgan fingerprint density at radius 3 is 3.12 bits per heavy atom. The highest BCUT2D eigenvalue weighted by molar-refractivity contribution is 7.10. The minimum absolute atomic E-state index is 0.181. The molecule has 2 rings (SSSR count). The van der Waals surface area contributed by atoms with Crippen LogP contribution in [0.2, 0.25) is 0 Å². The highest BCUT2D eigenvalue weighted by Crippen LogP contribution is 2.37. The maximum atomic E-state index is 11.6. The van der Waals surface area contributed by atoms with Crippen molar-refractivity contribution in [3.8, 4) is 11.8 Å². The number of rotatable bonds is 3. The van der Waals surface area contributed by atoms with Gasteiger partial charge in [0.1, 0.15) is 0 Å². The van der Waals surface area contributed by atoms with Crippen molar-refractivity contribution in [2.75, 3.05) is 6.54 Å². The van der Waals surface area contributed by atoms with E-state index in [9.17, 15) is 4.79 Å². The second-order valence-electron chi connectivity index (χ2n) is 4.34. The zero-order valence-corrected chi connectivity index (χ0v) is 10.6. The predicted octanol–water partition coefficient (Wildman–Crippen LogP) is 1.33. The number of amides is 1. The molecule has 0 aromatic carbocycles.